The third-order valence-corrected chi connectivity index (χ3v) is 7.73. The van der Waals surface area contributed by atoms with Crippen LogP contribution in [0.25, 0.3) is 11.0 Å². The number of fused-ring (bicyclic) bond motifs is 1. The molecular formula is C31H36ClN5O4. The van der Waals surface area contributed by atoms with Crippen LogP contribution in [0.5, 0.6) is 11.5 Å². The Morgan fingerprint density at radius 2 is 1.93 bits per heavy atom. The number of hydrogen-bond acceptors (Lipinski definition) is 8. The normalized spacial score (nSPS) is 15.9. The lowest BCUT2D eigenvalue weighted by atomic mass is 10.0. The zero-order valence-electron chi connectivity index (χ0n) is 23.4. The predicted octanol–water partition coefficient (Wildman–Crippen LogP) is 6.30. The number of halogens is 1. The molecule has 0 saturated carbocycles. The molecule has 5 rings (SSSR count). The number of para-hydroxylation sites is 1. The molecule has 216 valence electrons. The molecule has 0 bridgehead atoms. The van der Waals surface area contributed by atoms with E-state index >= 15 is 0 Å². The summed E-state index contributed by atoms with van der Waals surface area (Å²) >= 11 is 6.58. The molecule has 2 N–H and O–H groups in total. The first-order chi connectivity index (χ1) is 20.1. The zero-order chi connectivity index (χ0) is 28.6. The Kier molecular flexibility index (Phi) is 9.84. The predicted molar refractivity (Wildman–Crippen MR) is 160 cm³/mol. The molecule has 41 heavy (non-hydrogen) atoms. The van der Waals surface area contributed by atoms with Gasteiger partial charge in [0.05, 0.1) is 16.0 Å². The molecule has 4 aromatic rings. The van der Waals surface area contributed by atoms with Crippen LogP contribution in [0, 0.1) is 0 Å². The number of carbonyl (C=O) groups is 1. The maximum Gasteiger partial charge on any atom is 0.196 e. The van der Waals surface area contributed by atoms with Crippen LogP contribution in [-0.2, 0) is 9.47 Å². The van der Waals surface area contributed by atoms with Crippen molar-refractivity contribution in [1.29, 1.82) is 0 Å². The van der Waals surface area contributed by atoms with Crippen LogP contribution in [0.1, 0.15) is 48.0 Å². The summed E-state index contributed by atoms with van der Waals surface area (Å²) < 4.78 is 16.5. The highest BCUT2D eigenvalue weighted by Crippen LogP contribution is 2.32. The number of anilines is 1. The first-order valence-electron chi connectivity index (χ1n) is 14.0. The van der Waals surface area contributed by atoms with Gasteiger partial charge in [0.2, 0.25) is 0 Å². The van der Waals surface area contributed by atoms with Gasteiger partial charge in [0, 0.05) is 44.6 Å². The number of hydrogen-bond donors (Lipinski definition) is 2. The number of aromatic amines is 1. The van der Waals surface area contributed by atoms with E-state index in [2.05, 4.69) is 25.2 Å². The lowest BCUT2D eigenvalue weighted by Gasteiger charge is -2.33. The number of likely N-dealkylation sites (tertiary alicyclic amines) is 1. The maximum absolute atomic E-state index is 13.7. The summed E-state index contributed by atoms with van der Waals surface area (Å²) in [6, 6.07) is 14.7. The number of ketones is 1. The molecule has 2 aromatic heterocycles. The Morgan fingerprint density at radius 3 is 2.71 bits per heavy atom. The number of carbonyl (C=O) groups excluding carboxylic acids is 1. The van der Waals surface area contributed by atoms with Crippen molar-refractivity contribution in [1.82, 2.24) is 19.9 Å². The maximum atomic E-state index is 13.7. The molecule has 1 saturated heterocycles. The Hall–Kier alpha value is -3.50. The van der Waals surface area contributed by atoms with Crippen molar-refractivity contribution >= 4 is 34.2 Å². The van der Waals surface area contributed by atoms with Gasteiger partial charge in [-0.05, 0) is 69.5 Å². The Bertz CT molecular complexity index is 1440. The number of H-pyrrole nitrogens is 1. The summed E-state index contributed by atoms with van der Waals surface area (Å²) in [5.74, 6) is 1.69. The second-order valence-electron chi connectivity index (χ2n) is 10.2. The number of rotatable bonds is 13. The molecule has 9 nitrogen and oxygen atoms in total. The smallest absolute Gasteiger partial charge is 0.196 e. The van der Waals surface area contributed by atoms with Crippen LogP contribution < -0.4 is 10.1 Å². The van der Waals surface area contributed by atoms with Crippen molar-refractivity contribution in [2.24, 2.45) is 0 Å². The van der Waals surface area contributed by atoms with E-state index in [1.165, 1.54) is 6.33 Å². The van der Waals surface area contributed by atoms with Gasteiger partial charge in [-0.1, -0.05) is 29.8 Å². The third kappa shape index (κ3) is 7.23. The Labute approximate surface area is 245 Å². The average molecular weight is 578 g/mol. The van der Waals surface area contributed by atoms with Gasteiger partial charge in [-0.25, -0.2) is 9.97 Å². The van der Waals surface area contributed by atoms with Crippen molar-refractivity contribution in [3.8, 4) is 11.5 Å². The van der Waals surface area contributed by atoms with Gasteiger partial charge < -0.3 is 29.4 Å². The summed E-state index contributed by atoms with van der Waals surface area (Å²) in [5.41, 5.74) is 1.46. The fraction of sp³-hybridized carbons (Fsp3) is 0.387. The van der Waals surface area contributed by atoms with Crippen LogP contribution in [-0.4, -0.2) is 71.8 Å². The van der Waals surface area contributed by atoms with Gasteiger partial charge in [0.15, 0.2) is 12.1 Å². The Morgan fingerprint density at radius 1 is 1.10 bits per heavy atom. The lowest BCUT2D eigenvalue weighted by molar-refractivity contribution is -0.107. The minimum absolute atomic E-state index is 0.139. The van der Waals surface area contributed by atoms with Gasteiger partial charge in [0.1, 0.15) is 29.3 Å². The minimum Gasteiger partial charge on any atom is -0.457 e. The molecule has 0 spiro atoms. The average Bonchev–Trinajstić information content (AvgIpc) is 3.43. The summed E-state index contributed by atoms with van der Waals surface area (Å²) in [5, 5.41) is 4.59. The van der Waals surface area contributed by atoms with Gasteiger partial charge in [-0.15, -0.1) is 0 Å². The molecule has 3 heterocycles. The van der Waals surface area contributed by atoms with E-state index in [1.54, 1.807) is 38.6 Å². The van der Waals surface area contributed by atoms with Gasteiger partial charge in [0.25, 0.3) is 0 Å². The SMILES string of the molecule is COC(CCCCN1CCC[C@@H](Nc2ncnc3[nH]cc(C(=O)c4ccc(Oc5ccccc5)cc4Cl)c23)C1)OC. The van der Waals surface area contributed by atoms with E-state index in [-0.39, 0.29) is 18.1 Å². The van der Waals surface area contributed by atoms with Gasteiger partial charge in [-0.3, -0.25) is 4.79 Å². The van der Waals surface area contributed by atoms with Crippen molar-refractivity contribution in [3.05, 3.63) is 77.2 Å². The molecule has 0 aliphatic carbocycles. The molecule has 0 radical (unpaired) electrons. The van der Waals surface area contributed by atoms with E-state index in [0.29, 0.717) is 44.5 Å². The number of methoxy groups -OCH3 is 2. The highest BCUT2D eigenvalue weighted by atomic mass is 35.5. The Balaban J connectivity index is 1.27. The first-order valence-corrected chi connectivity index (χ1v) is 14.4. The number of piperidine rings is 1. The molecular weight excluding hydrogens is 542 g/mol. The molecule has 0 unspecified atom stereocenters. The van der Waals surface area contributed by atoms with Crippen molar-refractivity contribution in [2.45, 2.75) is 44.4 Å². The lowest BCUT2D eigenvalue weighted by Crippen LogP contribution is -2.42. The molecule has 10 heteroatoms. The molecule has 1 aliphatic heterocycles. The van der Waals surface area contributed by atoms with Crippen LogP contribution in [0.4, 0.5) is 5.82 Å². The van der Waals surface area contributed by atoms with Crippen molar-refractivity contribution < 1.29 is 19.0 Å². The second kappa shape index (κ2) is 13.9. The summed E-state index contributed by atoms with van der Waals surface area (Å²) in [7, 11) is 3.35. The number of benzene rings is 2. The quantitative estimate of drug-likeness (QED) is 0.108. The molecule has 1 aliphatic rings. The zero-order valence-corrected chi connectivity index (χ0v) is 24.2. The molecule has 2 aromatic carbocycles. The topological polar surface area (TPSA) is 102 Å². The fourth-order valence-electron chi connectivity index (χ4n) is 5.31. The molecule has 1 atom stereocenters. The number of aromatic nitrogens is 3. The van der Waals surface area contributed by atoms with Crippen LogP contribution in [0.15, 0.2) is 61.1 Å². The summed E-state index contributed by atoms with van der Waals surface area (Å²) in [6.45, 7) is 3.01. The minimum atomic E-state index is -0.207. The van der Waals surface area contributed by atoms with Crippen LogP contribution in [0.3, 0.4) is 0 Å². The molecule has 1 fully saturated rings. The number of ether oxygens (including phenoxy) is 3. The standard InChI is InChI=1S/C31H36ClN5O4/c1-39-27(40-2)12-6-7-15-37-16-8-9-21(19-37)36-31-28-25(18-33-30(28)34-20-35-31)29(38)24-14-13-23(17-26(24)32)41-22-10-4-3-5-11-22/h3-5,10-11,13-14,17-18,20-21,27H,6-9,12,15-16,19H2,1-2H3,(H2,33,34,35,36)/t21-/m1/s1. The van der Waals surface area contributed by atoms with E-state index in [1.807, 2.05) is 30.3 Å². The monoisotopic (exact) mass is 577 g/mol. The van der Waals surface area contributed by atoms with Crippen LogP contribution >= 0.6 is 11.6 Å². The largest absolute Gasteiger partial charge is 0.457 e. The van der Waals surface area contributed by atoms with Crippen molar-refractivity contribution in [2.75, 3.05) is 39.2 Å². The number of nitrogens with zero attached hydrogens (tertiary/aromatic N) is 3. The first kappa shape index (κ1) is 29.0. The fourth-order valence-corrected chi connectivity index (χ4v) is 5.57. The van der Waals surface area contributed by atoms with Gasteiger partial charge >= 0.3 is 0 Å². The third-order valence-electron chi connectivity index (χ3n) is 7.41. The van der Waals surface area contributed by atoms with E-state index < -0.39 is 0 Å². The van der Waals surface area contributed by atoms with Crippen LogP contribution in [0.2, 0.25) is 5.02 Å². The summed E-state index contributed by atoms with van der Waals surface area (Å²) in [4.78, 5) is 28.2. The highest BCUT2D eigenvalue weighted by molar-refractivity contribution is 6.35. The van der Waals surface area contributed by atoms with Crippen molar-refractivity contribution in [3.63, 3.8) is 0 Å². The highest BCUT2D eigenvalue weighted by Gasteiger charge is 2.24. The van der Waals surface area contributed by atoms with E-state index in [4.69, 9.17) is 25.8 Å². The second-order valence-corrected chi connectivity index (χ2v) is 10.6. The summed E-state index contributed by atoms with van der Waals surface area (Å²) in [6.07, 6.45) is 8.19. The van der Waals surface area contributed by atoms with E-state index in [9.17, 15) is 4.79 Å². The van der Waals surface area contributed by atoms with Gasteiger partial charge in [-0.2, -0.15) is 0 Å². The molecule has 0 amide bonds. The van der Waals surface area contributed by atoms with E-state index in [0.717, 1.165) is 51.7 Å². The number of unbranched alkanes of at least 4 members (excludes halogenated alkanes) is 1. The number of nitrogens with one attached hydrogen (secondary N) is 2.